The lowest BCUT2D eigenvalue weighted by molar-refractivity contribution is -0.125. The van der Waals surface area contributed by atoms with Gasteiger partial charge in [-0.1, -0.05) is 42.8 Å². The molecule has 1 atom stereocenters. The average Bonchev–Trinajstić information content (AvgIpc) is 2.71. The van der Waals surface area contributed by atoms with Crippen LogP contribution in [0.1, 0.15) is 30.4 Å². The van der Waals surface area contributed by atoms with Crippen LogP contribution in [0.2, 0.25) is 0 Å². The molecule has 2 heterocycles. The number of benzene rings is 1. The fraction of sp³-hybridized carbons (Fsp3) is 0.400. The molecule has 1 aromatic heterocycles. The Bertz CT molecular complexity index is 903. The first-order valence-corrected chi connectivity index (χ1v) is 11.1. The largest absolute Gasteiger partial charge is 0.473 e. The van der Waals surface area contributed by atoms with Crippen molar-refractivity contribution in [2.45, 2.75) is 38.5 Å². The molecule has 1 N–H and O–H groups in total. The van der Waals surface area contributed by atoms with Crippen LogP contribution in [-0.4, -0.2) is 42.5 Å². The van der Waals surface area contributed by atoms with E-state index < -0.39 is 16.1 Å². The molecule has 0 radical (unpaired) electrons. The maximum absolute atomic E-state index is 12.6. The molecule has 1 aliphatic heterocycles. The Morgan fingerprint density at radius 3 is 2.75 bits per heavy atom. The predicted octanol–water partition coefficient (Wildman–Crippen LogP) is 2.09. The molecule has 2 aromatic rings. The standard InChI is InChI=1S/C20H25N3O4S/c1-28(25,26)23-13-6-5-11-18(23)19(24)22-14-17-10-7-12-21-20(17)27-15-16-8-3-2-4-9-16/h2-4,7-10,12,18H,5-6,11,13-15H2,1H3,(H,22,24)/t18-/m0/s1. The van der Waals surface area contributed by atoms with Crippen molar-refractivity contribution in [2.24, 2.45) is 0 Å². The Kier molecular flexibility index (Phi) is 6.64. The van der Waals surface area contributed by atoms with Gasteiger partial charge in [0.2, 0.25) is 21.8 Å². The Morgan fingerprint density at radius 1 is 1.21 bits per heavy atom. The topological polar surface area (TPSA) is 88.6 Å². The summed E-state index contributed by atoms with van der Waals surface area (Å²) in [6, 6.07) is 12.7. The molecule has 0 aliphatic carbocycles. The summed E-state index contributed by atoms with van der Waals surface area (Å²) in [6.45, 7) is 0.990. The molecule has 3 rings (SSSR count). The van der Waals surface area contributed by atoms with E-state index in [4.69, 9.17) is 4.74 Å². The van der Waals surface area contributed by atoms with Crippen molar-refractivity contribution in [3.8, 4) is 5.88 Å². The van der Waals surface area contributed by atoms with Gasteiger partial charge in [-0.05, 0) is 24.5 Å². The highest BCUT2D eigenvalue weighted by atomic mass is 32.2. The maximum atomic E-state index is 12.6. The number of hydrogen-bond acceptors (Lipinski definition) is 5. The van der Waals surface area contributed by atoms with Crippen LogP contribution in [0, 0.1) is 0 Å². The summed E-state index contributed by atoms with van der Waals surface area (Å²) in [5.74, 6) is 0.165. The summed E-state index contributed by atoms with van der Waals surface area (Å²) in [5.41, 5.74) is 1.77. The van der Waals surface area contributed by atoms with Crippen molar-refractivity contribution in [1.29, 1.82) is 0 Å². The molecule has 7 nitrogen and oxygen atoms in total. The van der Waals surface area contributed by atoms with E-state index in [0.29, 0.717) is 25.5 Å². The van der Waals surface area contributed by atoms with E-state index in [1.54, 1.807) is 12.3 Å². The molecular weight excluding hydrogens is 378 g/mol. The molecule has 1 amide bonds. The summed E-state index contributed by atoms with van der Waals surface area (Å²) in [6.07, 6.45) is 4.93. The minimum atomic E-state index is -3.41. The highest BCUT2D eigenvalue weighted by Crippen LogP contribution is 2.21. The first-order valence-electron chi connectivity index (χ1n) is 9.30. The Hall–Kier alpha value is -2.45. The van der Waals surface area contributed by atoms with Gasteiger partial charge in [-0.2, -0.15) is 4.31 Å². The molecule has 0 spiro atoms. The van der Waals surface area contributed by atoms with Crippen LogP contribution in [-0.2, 0) is 28.0 Å². The summed E-state index contributed by atoms with van der Waals surface area (Å²) in [4.78, 5) is 16.9. The van der Waals surface area contributed by atoms with Gasteiger partial charge >= 0.3 is 0 Å². The molecule has 8 heteroatoms. The first kappa shape index (κ1) is 20.3. The van der Waals surface area contributed by atoms with Gasteiger partial charge in [-0.15, -0.1) is 0 Å². The van der Waals surface area contributed by atoms with Crippen LogP contribution in [0.3, 0.4) is 0 Å². The Balaban J connectivity index is 1.63. The number of nitrogens with zero attached hydrogens (tertiary/aromatic N) is 2. The minimum Gasteiger partial charge on any atom is -0.473 e. The fourth-order valence-electron chi connectivity index (χ4n) is 3.28. The summed E-state index contributed by atoms with van der Waals surface area (Å²) in [5, 5.41) is 2.84. The molecule has 1 saturated heterocycles. The van der Waals surface area contributed by atoms with Gasteiger partial charge in [0.25, 0.3) is 0 Å². The molecule has 1 aliphatic rings. The van der Waals surface area contributed by atoms with Crippen molar-refractivity contribution < 1.29 is 17.9 Å². The SMILES string of the molecule is CS(=O)(=O)N1CCCC[C@H]1C(=O)NCc1cccnc1OCc1ccccc1. The van der Waals surface area contributed by atoms with Crippen molar-refractivity contribution in [3.05, 3.63) is 59.8 Å². The van der Waals surface area contributed by atoms with Gasteiger partial charge in [-0.3, -0.25) is 4.79 Å². The fourth-order valence-corrected chi connectivity index (χ4v) is 4.40. The lowest BCUT2D eigenvalue weighted by Crippen LogP contribution is -2.51. The van der Waals surface area contributed by atoms with E-state index in [9.17, 15) is 13.2 Å². The number of piperidine rings is 1. The number of carbonyl (C=O) groups excluding carboxylic acids is 1. The Labute approximate surface area is 165 Å². The van der Waals surface area contributed by atoms with Crippen LogP contribution in [0.4, 0.5) is 0 Å². The van der Waals surface area contributed by atoms with Gasteiger partial charge in [-0.25, -0.2) is 13.4 Å². The second kappa shape index (κ2) is 9.16. The smallest absolute Gasteiger partial charge is 0.238 e. The number of amides is 1. The third-order valence-corrected chi connectivity index (χ3v) is 5.99. The lowest BCUT2D eigenvalue weighted by atomic mass is 10.0. The second-order valence-electron chi connectivity index (χ2n) is 6.85. The number of pyridine rings is 1. The van der Waals surface area contributed by atoms with Crippen molar-refractivity contribution >= 4 is 15.9 Å². The number of rotatable bonds is 7. The van der Waals surface area contributed by atoms with E-state index in [0.717, 1.165) is 30.2 Å². The molecule has 0 unspecified atom stereocenters. The number of ether oxygens (including phenoxy) is 1. The highest BCUT2D eigenvalue weighted by Gasteiger charge is 2.34. The number of carbonyl (C=O) groups is 1. The minimum absolute atomic E-state index is 0.227. The van der Waals surface area contributed by atoms with Gasteiger partial charge < -0.3 is 10.1 Å². The van der Waals surface area contributed by atoms with Gasteiger partial charge in [0, 0.05) is 24.8 Å². The molecule has 0 saturated carbocycles. The summed E-state index contributed by atoms with van der Waals surface area (Å²) < 4.78 is 31.0. The number of nitrogens with one attached hydrogen (secondary N) is 1. The van der Waals surface area contributed by atoms with E-state index in [2.05, 4.69) is 10.3 Å². The molecular formula is C20H25N3O4S. The normalized spacial score (nSPS) is 17.8. The Morgan fingerprint density at radius 2 is 2.00 bits per heavy atom. The van der Waals surface area contributed by atoms with E-state index in [1.807, 2.05) is 36.4 Å². The first-order chi connectivity index (χ1) is 13.4. The van der Waals surface area contributed by atoms with Gasteiger partial charge in [0.05, 0.1) is 6.26 Å². The number of hydrogen-bond donors (Lipinski definition) is 1. The van der Waals surface area contributed by atoms with Crippen LogP contribution < -0.4 is 10.1 Å². The average molecular weight is 404 g/mol. The molecule has 1 aromatic carbocycles. The monoisotopic (exact) mass is 403 g/mol. The van der Waals surface area contributed by atoms with E-state index in [1.165, 1.54) is 4.31 Å². The molecule has 150 valence electrons. The third-order valence-electron chi connectivity index (χ3n) is 4.70. The highest BCUT2D eigenvalue weighted by molar-refractivity contribution is 7.88. The molecule has 28 heavy (non-hydrogen) atoms. The van der Waals surface area contributed by atoms with Gasteiger partial charge in [0.15, 0.2) is 0 Å². The van der Waals surface area contributed by atoms with Crippen LogP contribution in [0.15, 0.2) is 48.7 Å². The van der Waals surface area contributed by atoms with E-state index >= 15 is 0 Å². The van der Waals surface area contributed by atoms with Gasteiger partial charge in [0.1, 0.15) is 12.6 Å². The molecule has 0 bridgehead atoms. The third kappa shape index (κ3) is 5.30. The van der Waals surface area contributed by atoms with Crippen LogP contribution in [0.25, 0.3) is 0 Å². The second-order valence-corrected chi connectivity index (χ2v) is 8.78. The zero-order valence-electron chi connectivity index (χ0n) is 15.9. The lowest BCUT2D eigenvalue weighted by Gasteiger charge is -2.32. The summed E-state index contributed by atoms with van der Waals surface area (Å²) in [7, 11) is -3.41. The quantitative estimate of drug-likeness (QED) is 0.765. The van der Waals surface area contributed by atoms with Crippen molar-refractivity contribution in [1.82, 2.24) is 14.6 Å². The zero-order valence-corrected chi connectivity index (χ0v) is 16.7. The van der Waals surface area contributed by atoms with Crippen molar-refractivity contribution in [2.75, 3.05) is 12.8 Å². The van der Waals surface area contributed by atoms with Crippen LogP contribution >= 0.6 is 0 Å². The molecule has 1 fully saturated rings. The maximum Gasteiger partial charge on any atom is 0.238 e. The van der Waals surface area contributed by atoms with E-state index in [-0.39, 0.29) is 12.5 Å². The number of aromatic nitrogens is 1. The van der Waals surface area contributed by atoms with Crippen molar-refractivity contribution in [3.63, 3.8) is 0 Å². The zero-order chi connectivity index (χ0) is 20.0. The number of sulfonamides is 1. The predicted molar refractivity (Wildman–Crippen MR) is 106 cm³/mol. The summed E-state index contributed by atoms with van der Waals surface area (Å²) >= 11 is 0. The van der Waals surface area contributed by atoms with Crippen LogP contribution in [0.5, 0.6) is 5.88 Å².